The van der Waals surface area contributed by atoms with Gasteiger partial charge in [0, 0.05) is 30.0 Å². The third-order valence-corrected chi connectivity index (χ3v) is 4.77. The molecule has 0 saturated carbocycles. The molecule has 0 saturated heterocycles. The van der Waals surface area contributed by atoms with Gasteiger partial charge in [-0.3, -0.25) is 4.79 Å². The largest absolute Gasteiger partial charge is 0.390 e. The van der Waals surface area contributed by atoms with Crippen LogP contribution in [0.2, 0.25) is 5.02 Å². The van der Waals surface area contributed by atoms with Crippen molar-refractivity contribution in [1.29, 1.82) is 0 Å². The van der Waals surface area contributed by atoms with Crippen LogP contribution in [-0.4, -0.2) is 29.2 Å². The molecule has 3 rings (SSSR count). The van der Waals surface area contributed by atoms with Crippen LogP contribution in [-0.2, 0) is 16.2 Å². The average Bonchev–Trinajstić information content (AvgIpc) is 3.09. The maximum atomic E-state index is 12.4. The molecular formula is C21H23ClN2O2. The number of rotatable bonds is 6. The summed E-state index contributed by atoms with van der Waals surface area (Å²) in [6, 6.07) is 15.7. The molecular weight excluding hydrogens is 348 g/mol. The fourth-order valence-electron chi connectivity index (χ4n) is 3.16. The van der Waals surface area contributed by atoms with E-state index in [0.717, 1.165) is 16.8 Å². The zero-order valence-electron chi connectivity index (χ0n) is 15.1. The summed E-state index contributed by atoms with van der Waals surface area (Å²) < 4.78 is 0. The van der Waals surface area contributed by atoms with Crippen LogP contribution in [0.15, 0.2) is 53.7 Å². The third kappa shape index (κ3) is 4.44. The summed E-state index contributed by atoms with van der Waals surface area (Å²) in [6.07, 6.45) is 1.03. The van der Waals surface area contributed by atoms with Gasteiger partial charge in [0.2, 0.25) is 5.91 Å². The number of oxime groups is 1. The van der Waals surface area contributed by atoms with Crippen molar-refractivity contribution in [3.8, 4) is 0 Å². The van der Waals surface area contributed by atoms with Gasteiger partial charge < -0.3 is 9.74 Å². The van der Waals surface area contributed by atoms with E-state index >= 15 is 0 Å². The Bertz CT molecular complexity index is 819. The number of halogens is 1. The van der Waals surface area contributed by atoms with Crippen LogP contribution in [0.5, 0.6) is 0 Å². The first-order valence-corrected chi connectivity index (χ1v) is 9.25. The second kappa shape index (κ2) is 8.37. The second-order valence-corrected chi connectivity index (χ2v) is 6.98. The summed E-state index contributed by atoms with van der Waals surface area (Å²) in [5, 5.41) is 4.94. The lowest BCUT2D eigenvalue weighted by molar-refractivity contribution is -0.133. The summed E-state index contributed by atoms with van der Waals surface area (Å²) in [5.74, 6) is 0.0953. The van der Waals surface area contributed by atoms with E-state index in [-0.39, 0.29) is 12.0 Å². The molecule has 5 heteroatoms. The maximum absolute atomic E-state index is 12.4. The first-order chi connectivity index (χ1) is 12.6. The minimum atomic E-state index is -0.126. The Morgan fingerprint density at radius 3 is 2.81 bits per heavy atom. The van der Waals surface area contributed by atoms with Crippen molar-refractivity contribution in [3.05, 3.63) is 70.2 Å². The van der Waals surface area contributed by atoms with Crippen LogP contribution in [0.1, 0.15) is 36.5 Å². The van der Waals surface area contributed by atoms with Gasteiger partial charge in [-0.15, -0.1) is 0 Å². The SMILES string of the molecule is CCC(=O)N(Cc1cccc(Cl)c1)C[C@@H]1CC(c2ccccc2C)=NO1. The van der Waals surface area contributed by atoms with Crippen molar-refractivity contribution in [2.45, 2.75) is 39.3 Å². The molecule has 0 fully saturated rings. The molecule has 0 aromatic heterocycles. The molecule has 2 aromatic carbocycles. The maximum Gasteiger partial charge on any atom is 0.222 e. The van der Waals surface area contributed by atoms with E-state index in [9.17, 15) is 4.79 Å². The summed E-state index contributed by atoms with van der Waals surface area (Å²) >= 11 is 6.07. The van der Waals surface area contributed by atoms with Gasteiger partial charge >= 0.3 is 0 Å². The van der Waals surface area contributed by atoms with Crippen molar-refractivity contribution in [2.75, 3.05) is 6.54 Å². The molecule has 0 unspecified atom stereocenters. The van der Waals surface area contributed by atoms with Crippen LogP contribution in [0, 0.1) is 6.92 Å². The number of amides is 1. The molecule has 1 amide bonds. The molecule has 136 valence electrons. The van der Waals surface area contributed by atoms with Crippen molar-refractivity contribution in [2.24, 2.45) is 5.16 Å². The summed E-state index contributed by atoms with van der Waals surface area (Å²) in [7, 11) is 0. The van der Waals surface area contributed by atoms with Crippen molar-refractivity contribution >= 4 is 23.2 Å². The van der Waals surface area contributed by atoms with E-state index in [0.29, 0.717) is 31.0 Å². The Labute approximate surface area is 159 Å². The molecule has 26 heavy (non-hydrogen) atoms. The number of nitrogens with zero attached hydrogens (tertiary/aromatic N) is 2. The fourth-order valence-corrected chi connectivity index (χ4v) is 3.37. The van der Waals surface area contributed by atoms with Gasteiger partial charge in [0.25, 0.3) is 0 Å². The topological polar surface area (TPSA) is 41.9 Å². The number of hydrogen-bond acceptors (Lipinski definition) is 3. The summed E-state index contributed by atoms with van der Waals surface area (Å²) in [4.78, 5) is 19.9. The van der Waals surface area contributed by atoms with Crippen LogP contribution < -0.4 is 0 Å². The third-order valence-electron chi connectivity index (χ3n) is 4.53. The molecule has 2 aromatic rings. The Hall–Kier alpha value is -2.33. The minimum Gasteiger partial charge on any atom is -0.390 e. The highest BCUT2D eigenvalue weighted by Gasteiger charge is 2.27. The fraction of sp³-hybridized carbons (Fsp3) is 0.333. The van der Waals surface area contributed by atoms with Gasteiger partial charge in [-0.2, -0.15) is 0 Å². The van der Waals surface area contributed by atoms with Crippen molar-refractivity contribution < 1.29 is 9.63 Å². The molecule has 0 N–H and O–H groups in total. The standard InChI is InChI=1S/C21H23ClN2O2/c1-3-21(25)24(13-16-8-6-9-17(22)11-16)14-18-12-20(23-26-18)19-10-5-4-7-15(19)2/h4-11,18H,3,12-14H2,1-2H3/t18-/m0/s1. The lowest BCUT2D eigenvalue weighted by Crippen LogP contribution is -2.36. The van der Waals surface area contributed by atoms with Gasteiger partial charge in [0.15, 0.2) is 6.10 Å². The number of carbonyl (C=O) groups excluding carboxylic acids is 1. The Balaban J connectivity index is 1.67. The minimum absolute atomic E-state index is 0.0953. The van der Waals surface area contributed by atoms with E-state index in [4.69, 9.17) is 16.4 Å². The molecule has 4 nitrogen and oxygen atoms in total. The molecule has 1 aliphatic heterocycles. The van der Waals surface area contributed by atoms with Gasteiger partial charge in [-0.25, -0.2) is 0 Å². The highest BCUT2D eigenvalue weighted by Crippen LogP contribution is 2.21. The Morgan fingerprint density at radius 1 is 1.27 bits per heavy atom. The highest BCUT2D eigenvalue weighted by atomic mass is 35.5. The van der Waals surface area contributed by atoms with E-state index in [1.165, 1.54) is 5.56 Å². The summed E-state index contributed by atoms with van der Waals surface area (Å²) in [6.45, 7) is 4.97. The average molecular weight is 371 g/mol. The molecule has 0 bridgehead atoms. The van der Waals surface area contributed by atoms with E-state index in [1.54, 1.807) is 0 Å². The number of benzene rings is 2. The summed E-state index contributed by atoms with van der Waals surface area (Å²) in [5.41, 5.74) is 4.24. The predicted octanol–water partition coefficient (Wildman–Crippen LogP) is 4.58. The number of carbonyl (C=O) groups is 1. The van der Waals surface area contributed by atoms with Crippen molar-refractivity contribution in [1.82, 2.24) is 4.90 Å². The lowest BCUT2D eigenvalue weighted by Gasteiger charge is -2.24. The zero-order chi connectivity index (χ0) is 18.5. The normalized spacial score (nSPS) is 16.1. The van der Waals surface area contributed by atoms with Gasteiger partial charge in [-0.1, -0.05) is 60.1 Å². The molecule has 1 atom stereocenters. The van der Waals surface area contributed by atoms with Gasteiger partial charge in [0.1, 0.15) is 0 Å². The number of aryl methyl sites for hydroxylation is 1. The molecule has 0 spiro atoms. The predicted molar refractivity (Wildman–Crippen MR) is 104 cm³/mol. The van der Waals surface area contributed by atoms with E-state index in [2.05, 4.69) is 24.2 Å². The zero-order valence-corrected chi connectivity index (χ0v) is 15.9. The van der Waals surface area contributed by atoms with E-state index < -0.39 is 0 Å². The first kappa shape index (κ1) is 18.5. The van der Waals surface area contributed by atoms with Crippen LogP contribution in [0.3, 0.4) is 0 Å². The van der Waals surface area contributed by atoms with Crippen LogP contribution in [0.25, 0.3) is 0 Å². The smallest absolute Gasteiger partial charge is 0.222 e. The quantitative estimate of drug-likeness (QED) is 0.746. The highest BCUT2D eigenvalue weighted by molar-refractivity contribution is 6.30. The monoisotopic (exact) mass is 370 g/mol. The van der Waals surface area contributed by atoms with Gasteiger partial charge in [-0.05, 0) is 30.2 Å². The Kier molecular flexibility index (Phi) is 5.94. The van der Waals surface area contributed by atoms with Gasteiger partial charge in [0.05, 0.1) is 12.3 Å². The molecule has 0 radical (unpaired) electrons. The van der Waals surface area contributed by atoms with Crippen molar-refractivity contribution in [3.63, 3.8) is 0 Å². The molecule has 1 aliphatic rings. The Morgan fingerprint density at radius 2 is 2.08 bits per heavy atom. The number of hydrogen-bond donors (Lipinski definition) is 0. The van der Waals surface area contributed by atoms with Crippen LogP contribution >= 0.6 is 11.6 Å². The molecule has 1 heterocycles. The first-order valence-electron chi connectivity index (χ1n) is 8.87. The second-order valence-electron chi connectivity index (χ2n) is 6.54. The lowest BCUT2D eigenvalue weighted by atomic mass is 10.00. The molecule has 0 aliphatic carbocycles. The van der Waals surface area contributed by atoms with E-state index in [1.807, 2.05) is 48.2 Å². The van der Waals surface area contributed by atoms with Crippen LogP contribution in [0.4, 0.5) is 0 Å².